The van der Waals surface area contributed by atoms with Gasteiger partial charge in [-0.2, -0.15) is 0 Å². The van der Waals surface area contributed by atoms with Crippen molar-refractivity contribution in [1.29, 1.82) is 0 Å². The van der Waals surface area contributed by atoms with Crippen molar-refractivity contribution in [3.63, 3.8) is 0 Å². The first kappa shape index (κ1) is 20.8. The Balaban J connectivity index is 1.67. The van der Waals surface area contributed by atoms with Crippen LogP contribution in [-0.4, -0.2) is 63.6 Å². The summed E-state index contributed by atoms with van der Waals surface area (Å²) in [4.78, 5) is 34.4. The number of hydrogen-bond donors (Lipinski definition) is 3. The molecule has 1 aromatic carbocycles. The van der Waals surface area contributed by atoms with Gasteiger partial charge in [0.2, 0.25) is 0 Å². The lowest BCUT2D eigenvalue weighted by Crippen LogP contribution is -2.59. The largest absolute Gasteiger partial charge is 0.507 e. The molecule has 2 saturated heterocycles. The molecule has 1 aromatic rings. The zero-order chi connectivity index (χ0) is 20.1. The van der Waals surface area contributed by atoms with Crippen molar-refractivity contribution in [1.82, 2.24) is 15.1 Å². The molecule has 3 rings (SSSR count). The molecule has 2 fully saturated rings. The maximum Gasteiger partial charge on any atom is 0.507 e. The normalized spacial score (nSPS) is 25.5. The third-order valence-corrected chi connectivity index (χ3v) is 6.56. The fourth-order valence-corrected chi connectivity index (χ4v) is 5.12. The summed E-state index contributed by atoms with van der Waals surface area (Å²) >= 11 is 0. The molecule has 0 saturated carbocycles. The summed E-state index contributed by atoms with van der Waals surface area (Å²) in [5.74, 6) is -0.419. The van der Waals surface area contributed by atoms with E-state index in [2.05, 4.69) is 5.09 Å². The second-order valence-corrected chi connectivity index (χ2v) is 9.21. The number of fused-ring (bicyclic) bond motifs is 1. The highest BCUT2D eigenvalue weighted by molar-refractivity contribution is 7.55. The number of nitrogens with zero attached hydrogens (tertiary/aromatic N) is 2. The first-order chi connectivity index (χ1) is 13.4. The average Bonchev–Trinajstić information content (AvgIpc) is 2.80. The second kappa shape index (κ2) is 9.05. The van der Waals surface area contributed by atoms with Crippen molar-refractivity contribution < 1.29 is 28.9 Å². The van der Waals surface area contributed by atoms with Crippen LogP contribution in [0.3, 0.4) is 0 Å². The van der Waals surface area contributed by atoms with Gasteiger partial charge in [0.25, 0.3) is 13.4 Å². The van der Waals surface area contributed by atoms with Gasteiger partial charge in [-0.25, -0.2) is 19.9 Å². The third kappa shape index (κ3) is 5.32. The molecule has 2 aliphatic rings. The number of rotatable bonds is 6. The number of nitrogens with one attached hydrogen (secondary N) is 1. The molecule has 3 atom stereocenters. The van der Waals surface area contributed by atoms with E-state index in [0.717, 1.165) is 12.0 Å². The molecule has 28 heavy (non-hydrogen) atoms. The predicted molar refractivity (Wildman–Crippen MR) is 102 cm³/mol. The van der Waals surface area contributed by atoms with Crippen LogP contribution in [0.1, 0.15) is 31.2 Å². The maximum atomic E-state index is 13.0. The Kier molecular flexibility index (Phi) is 6.72. The molecule has 3 N–H and O–H groups in total. The van der Waals surface area contributed by atoms with E-state index in [1.807, 2.05) is 30.3 Å². The summed E-state index contributed by atoms with van der Waals surface area (Å²) < 4.78 is 17.6. The van der Waals surface area contributed by atoms with Crippen LogP contribution in [-0.2, 0) is 20.5 Å². The number of hydrazine groups is 1. The molecule has 1 amide bonds. The zero-order valence-corrected chi connectivity index (χ0v) is 16.5. The Labute approximate surface area is 163 Å². The number of amides is 1. The minimum atomic E-state index is -3.75. The third-order valence-electron chi connectivity index (χ3n) is 5.02. The van der Waals surface area contributed by atoms with Gasteiger partial charge in [0, 0.05) is 25.7 Å². The summed E-state index contributed by atoms with van der Waals surface area (Å²) in [6, 6.07) is 8.53. The molecule has 0 bridgehead atoms. The Morgan fingerprint density at radius 2 is 1.89 bits per heavy atom. The molecule has 0 aliphatic carbocycles. The Morgan fingerprint density at radius 1 is 1.21 bits per heavy atom. The summed E-state index contributed by atoms with van der Waals surface area (Å²) in [7, 11) is -3.75. The van der Waals surface area contributed by atoms with Gasteiger partial charge in [-0.3, -0.25) is 9.36 Å². The van der Waals surface area contributed by atoms with Crippen LogP contribution in [0.5, 0.6) is 0 Å². The molecular formula is C18H26N3O6P. The van der Waals surface area contributed by atoms with Crippen molar-refractivity contribution in [2.75, 3.05) is 19.3 Å². The van der Waals surface area contributed by atoms with Gasteiger partial charge in [-0.05, 0) is 31.2 Å². The monoisotopic (exact) mass is 411 g/mol. The van der Waals surface area contributed by atoms with E-state index in [4.69, 9.17) is 9.84 Å². The van der Waals surface area contributed by atoms with E-state index in [0.29, 0.717) is 38.8 Å². The number of ether oxygens (including phenoxy) is 1. The van der Waals surface area contributed by atoms with E-state index >= 15 is 0 Å². The number of carbonyl (C=O) groups is 2. The second-order valence-electron chi connectivity index (χ2n) is 7.10. The zero-order valence-electron chi connectivity index (χ0n) is 15.6. The fourth-order valence-electron chi connectivity index (χ4n) is 3.70. The number of aryl methyl sites for hydroxylation is 1. The Morgan fingerprint density at radius 3 is 2.57 bits per heavy atom. The molecule has 0 radical (unpaired) electrons. The van der Waals surface area contributed by atoms with Crippen molar-refractivity contribution >= 4 is 19.6 Å². The van der Waals surface area contributed by atoms with Crippen molar-refractivity contribution in [3.8, 4) is 0 Å². The lowest BCUT2D eigenvalue weighted by atomic mass is 10.1. The van der Waals surface area contributed by atoms with Gasteiger partial charge in [-0.15, -0.1) is 0 Å². The van der Waals surface area contributed by atoms with Crippen molar-refractivity contribution in [3.05, 3.63) is 35.9 Å². The number of carbonyl (C=O) groups excluding carboxylic acids is 1. The fraction of sp³-hybridized carbons (Fsp3) is 0.556. The molecule has 2 aliphatic heterocycles. The molecule has 1 unspecified atom stereocenters. The number of hydrogen-bond acceptors (Lipinski definition) is 5. The molecule has 10 heteroatoms. The van der Waals surface area contributed by atoms with Crippen LogP contribution >= 0.6 is 7.52 Å². The number of carboxylic acid groups (broad SMARTS) is 1. The van der Waals surface area contributed by atoms with Crippen LogP contribution in [0.4, 0.5) is 4.79 Å². The molecule has 9 nitrogen and oxygen atoms in total. The molecular weight excluding hydrogens is 385 g/mol. The molecule has 2 heterocycles. The van der Waals surface area contributed by atoms with E-state index in [1.165, 1.54) is 5.01 Å². The van der Waals surface area contributed by atoms with E-state index < -0.39 is 31.9 Å². The minimum absolute atomic E-state index is 0.0135. The number of benzene rings is 1. The van der Waals surface area contributed by atoms with E-state index in [9.17, 15) is 19.0 Å². The Bertz CT molecular complexity index is 746. The first-order valence-corrected chi connectivity index (χ1v) is 11.3. The van der Waals surface area contributed by atoms with Crippen LogP contribution in [0.15, 0.2) is 30.3 Å². The lowest BCUT2D eigenvalue weighted by molar-refractivity contribution is -0.189. The summed E-state index contributed by atoms with van der Waals surface area (Å²) in [6.45, 7) is 1.20. The van der Waals surface area contributed by atoms with E-state index in [1.54, 1.807) is 5.01 Å². The summed E-state index contributed by atoms with van der Waals surface area (Å²) in [5.41, 5.74) is 0.947. The highest BCUT2D eigenvalue weighted by Gasteiger charge is 2.41. The van der Waals surface area contributed by atoms with Crippen LogP contribution < -0.4 is 5.09 Å². The van der Waals surface area contributed by atoms with Crippen LogP contribution in [0.25, 0.3) is 0 Å². The first-order valence-electron chi connectivity index (χ1n) is 9.47. The van der Waals surface area contributed by atoms with Gasteiger partial charge < -0.3 is 14.7 Å². The predicted octanol–water partition coefficient (Wildman–Crippen LogP) is 2.03. The van der Waals surface area contributed by atoms with Gasteiger partial charge in [0.15, 0.2) is 6.23 Å². The summed E-state index contributed by atoms with van der Waals surface area (Å²) in [5, 5.41) is 14.7. The van der Waals surface area contributed by atoms with Crippen LogP contribution in [0.2, 0.25) is 0 Å². The average molecular weight is 411 g/mol. The lowest BCUT2D eigenvalue weighted by Gasteiger charge is -2.42. The molecule has 0 aromatic heterocycles. The van der Waals surface area contributed by atoms with Crippen molar-refractivity contribution in [2.24, 2.45) is 0 Å². The minimum Gasteiger partial charge on any atom is -0.450 e. The summed E-state index contributed by atoms with van der Waals surface area (Å²) in [6.07, 6.45) is 0.275. The maximum absolute atomic E-state index is 13.0. The highest BCUT2D eigenvalue weighted by Crippen LogP contribution is 2.38. The quantitative estimate of drug-likeness (QED) is 0.481. The highest BCUT2D eigenvalue weighted by atomic mass is 31.2. The van der Waals surface area contributed by atoms with E-state index in [-0.39, 0.29) is 6.16 Å². The van der Waals surface area contributed by atoms with Gasteiger partial charge in [-0.1, -0.05) is 30.3 Å². The topological polar surface area (TPSA) is 119 Å². The standard InChI is InChI=1S/C18H26N3O6P/c22-17-15(19-28(25,26)13-10-14-6-2-1-3-7-14)8-4-11-20-12-5-9-16(21(17)20)27-18(23)24/h1-3,6-7,15-16H,4-5,8-13H2,(H,23,24)(H2,19,25,26)/t15-,16-/m0/s1. The molecule has 0 spiro atoms. The van der Waals surface area contributed by atoms with Gasteiger partial charge in [0.1, 0.15) is 0 Å². The van der Waals surface area contributed by atoms with Crippen LogP contribution in [0, 0.1) is 0 Å². The van der Waals surface area contributed by atoms with Gasteiger partial charge >= 0.3 is 6.16 Å². The molecule has 154 valence electrons. The smallest absolute Gasteiger partial charge is 0.450 e. The SMILES string of the molecule is O=C(O)O[C@H]1CCCN2CCC[C@H](NP(=O)(O)CCc3ccccc3)C(=O)N12. The van der Waals surface area contributed by atoms with Crippen molar-refractivity contribution in [2.45, 2.75) is 44.4 Å². The van der Waals surface area contributed by atoms with Gasteiger partial charge in [0.05, 0.1) is 6.04 Å². The Hall–Kier alpha value is -1.93.